The van der Waals surface area contributed by atoms with E-state index in [2.05, 4.69) is 40.8 Å². The van der Waals surface area contributed by atoms with Crippen molar-refractivity contribution in [3.8, 4) is 0 Å². The van der Waals surface area contributed by atoms with E-state index in [1.54, 1.807) is 0 Å². The van der Waals surface area contributed by atoms with Crippen molar-refractivity contribution < 1.29 is 0 Å². The van der Waals surface area contributed by atoms with Crippen molar-refractivity contribution in [2.45, 2.75) is 25.8 Å². The van der Waals surface area contributed by atoms with E-state index in [9.17, 15) is 0 Å². The molecular weight excluding hydrogens is 248 g/mol. The fraction of sp³-hybridized carbons (Fsp3) is 0.688. The van der Waals surface area contributed by atoms with Crippen molar-refractivity contribution in [2.24, 2.45) is 0 Å². The van der Waals surface area contributed by atoms with E-state index in [-0.39, 0.29) is 0 Å². The maximum Gasteiger partial charge on any atom is 0.133 e. The Labute approximate surface area is 122 Å². The van der Waals surface area contributed by atoms with Gasteiger partial charge in [0, 0.05) is 44.0 Å². The molecule has 4 nitrogen and oxygen atoms in total. The Morgan fingerprint density at radius 1 is 1.20 bits per heavy atom. The number of hydrogen-bond acceptors (Lipinski definition) is 4. The number of anilines is 1. The molecule has 2 aliphatic rings. The van der Waals surface area contributed by atoms with Crippen LogP contribution < -0.4 is 4.90 Å². The number of piperazine rings is 1. The van der Waals surface area contributed by atoms with Gasteiger partial charge >= 0.3 is 0 Å². The number of pyridine rings is 1. The van der Waals surface area contributed by atoms with Crippen LogP contribution in [0.1, 0.15) is 31.4 Å². The average molecular weight is 274 g/mol. The summed E-state index contributed by atoms with van der Waals surface area (Å²) in [6.45, 7) is 9.11. The Kier molecular flexibility index (Phi) is 4.22. The van der Waals surface area contributed by atoms with Crippen LogP contribution in [-0.4, -0.2) is 61.1 Å². The van der Waals surface area contributed by atoms with Gasteiger partial charge in [-0.05, 0) is 39.0 Å². The molecule has 3 rings (SSSR count). The van der Waals surface area contributed by atoms with E-state index in [1.807, 2.05) is 6.20 Å². The monoisotopic (exact) mass is 274 g/mol. The van der Waals surface area contributed by atoms with Gasteiger partial charge in [0.05, 0.1) is 0 Å². The smallest absolute Gasteiger partial charge is 0.133 e. The van der Waals surface area contributed by atoms with Crippen molar-refractivity contribution in [2.75, 3.05) is 51.2 Å². The van der Waals surface area contributed by atoms with Crippen LogP contribution in [0.3, 0.4) is 0 Å². The molecule has 110 valence electrons. The van der Waals surface area contributed by atoms with Crippen molar-refractivity contribution in [3.63, 3.8) is 0 Å². The second kappa shape index (κ2) is 6.10. The van der Waals surface area contributed by atoms with Gasteiger partial charge in [-0.25, -0.2) is 4.98 Å². The van der Waals surface area contributed by atoms with E-state index < -0.39 is 0 Å². The molecule has 0 aliphatic carbocycles. The lowest BCUT2D eigenvalue weighted by atomic mass is 10.0. The Hall–Kier alpha value is -1.13. The van der Waals surface area contributed by atoms with Crippen LogP contribution in [0.2, 0.25) is 0 Å². The molecule has 2 fully saturated rings. The number of likely N-dealkylation sites (N-methyl/N-ethyl adjacent to an activating group) is 1. The highest BCUT2D eigenvalue weighted by Crippen LogP contribution is 2.36. The SMILES string of the molecule is CCN1CCC[C@H]1c1cccnc1N1CCN(C)CC1. The first-order chi connectivity index (χ1) is 9.79. The highest BCUT2D eigenvalue weighted by molar-refractivity contribution is 5.49. The van der Waals surface area contributed by atoms with Gasteiger partial charge in [-0.1, -0.05) is 13.0 Å². The predicted octanol–water partition coefficient (Wildman–Crippen LogP) is 1.99. The zero-order valence-corrected chi connectivity index (χ0v) is 12.8. The number of hydrogen-bond donors (Lipinski definition) is 0. The summed E-state index contributed by atoms with van der Waals surface area (Å²) in [5.41, 5.74) is 1.44. The second-order valence-corrected chi connectivity index (χ2v) is 5.99. The molecule has 1 aromatic rings. The molecule has 20 heavy (non-hydrogen) atoms. The minimum absolute atomic E-state index is 0.573. The van der Waals surface area contributed by atoms with Crippen LogP contribution in [-0.2, 0) is 0 Å². The largest absolute Gasteiger partial charge is 0.354 e. The van der Waals surface area contributed by atoms with E-state index in [1.165, 1.54) is 30.8 Å². The summed E-state index contributed by atoms with van der Waals surface area (Å²) in [5, 5.41) is 0. The quantitative estimate of drug-likeness (QED) is 0.840. The van der Waals surface area contributed by atoms with Crippen LogP contribution in [0, 0.1) is 0 Å². The molecule has 0 aromatic carbocycles. The van der Waals surface area contributed by atoms with E-state index in [4.69, 9.17) is 4.98 Å². The first-order valence-electron chi connectivity index (χ1n) is 7.92. The molecule has 1 atom stereocenters. The molecule has 0 amide bonds. The third kappa shape index (κ3) is 2.67. The van der Waals surface area contributed by atoms with Crippen molar-refractivity contribution in [1.82, 2.24) is 14.8 Å². The topological polar surface area (TPSA) is 22.6 Å². The van der Waals surface area contributed by atoms with Crippen molar-refractivity contribution in [1.29, 1.82) is 0 Å². The molecule has 0 radical (unpaired) electrons. The zero-order chi connectivity index (χ0) is 13.9. The Morgan fingerprint density at radius 2 is 2.00 bits per heavy atom. The van der Waals surface area contributed by atoms with Crippen LogP contribution in [0.4, 0.5) is 5.82 Å². The molecule has 4 heteroatoms. The third-order valence-corrected chi connectivity index (χ3v) is 4.75. The first kappa shape index (κ1) is 13.8. The fourth-order valence-electron chi connectivity index (χ4n) is 3.51. The summed E-state index contributed by atoms with van der Waals surface area (Å²) < 4.78 is 0. The van der Waals surface area contributed by atoms with Gasteiger partial charge < -0.3 is 9.80 Å². The van der Waals surface area contributed by atoms with E-state index >= 15 is 0 Å². The lowest BCUT2D eigenvalue weighted by Crippen LogP contribution is -2.45. The average Bonchev–Trinajstić information content (AvgIpc) is 2.96. The fourth-order valence-corrected chi connectivity index (χ4v) is 3.51. The van der Waals surface area contributed by atoms with Gasteiger partial charge in [0.25, 0.3) is 0 Å². The van der Waals surface area contributed by atoms with Crippen molar-refractivity contribution in [3.05, 3.63) is 23.9 Å². The summed E-state index contributed by atoms with van der Waals surface area (Å²) in [5.74, 6) is 1.23. The number of likely N-dealkylation sites (tertiary alicyclic amines) is 1. The minimum atomic E-state index is 0.573. The zero-order valence-electron chi connectivity index (χ0n) is 12.8. The minimum Gasteiger partial charge on any atom is -0.354 e. The highest BCUT2D eigenvalue weighted by atomic mass is 15.3. The van der Waals surface area contributed by atoms with Gasteiger partial charge in [0.1, 0.15) is 5.82 Å². The lowest BCUT2D eigenvalue weighted by Gasteiger charge is -2.35. The number of aromatic nitrogens is 1. The van der Waals surface area contributed by atoms with Crippen LogP contribution >= 0.6 is 0 Å². The standard InChI is InChI=1S/C16H26N4/c1-3-19-9-5-7-15(19)14-6-4-8-17-16(14)20-12-10-18(2)11-13-20/h4,6,8,15H,3,5,7,9-13H2,1-2H3/t15-/m0/s1. The first-order valence-corrected chi connectivity index (χ1v) is 7.92. The normalized spacial score (nSPS) is 25.3. The summed E-state index contributed by atoms with van der Waals surface area (Å²) >= 11 is 0. The second-order valence-electron chi connectivity index (χ2n) is 5.99. The Morgan fingerprint density at radius 3 is 2.75 bits per heavy atom. The van der Waals surface area contributed by atoms with Gasteiger partial charge in [-0.15, -0.1) is 0 Å². The molecule has 0 unspecified atom stereocenters. The molecule has 2 saturated heterocycles. The Bertz CT molecular complexity index is 440. The molecule has 1 aromatic heterocycles. The lowest BCUT2D eigenvalue weighted by molar-refractivity contribution is 0.270. The molecule has 0 bridgehead atoms. The summed E-state index contributed by atoms with van der Waals surface area (Å²) in [6.07, 6.45) is 4.54. The Balaban J connectivity index is 1.84. The molecule has 0 N–H and O–H groups in total. The number of rotatable bonds is 3. The van der Waals surface area contributed by atoms with Crippen LogP contribution in [0.25, 0.3) is 0 Å². The van der Waals surface area contributed by atoms with Gasteiger partial charge in [-0.2, -0.15) is 0 Å². The molecule has 0 saturated carbocycles. The summed E-state index contributed by atoms with van der Waals surface area (Å²) in [7, 11) is 2.20. The maximum atomic E-state index is 4.72. The van der Waals surface area contributed by atoms with E-state index in [0.717, 1.165) is 32.7 Å². The highest BCUT2D eigenvalue weighted by Gasteiger charge is 2.29. The van der Waals surface area contributed by atoms with Crippen LogP contribution in [0.15, 0.2) is 18.3 Å². The van der Waals surface area contributed by atoms with E-state index in [0.29, 0.717) is 6.04 Å². The molecule has 3 heterocycles. The third-order valence-electron chi connectivity index (χ3n) is 4.75. The van der Waals surface area contributed by atoms with Gasteiger partial charge in [0.15, 0.2) is 0 Å². The van der Waals surface area contributed by atoms with Crippen molar-refractivity contribution >= 4 is 5.82 Å². The number of nitrogens with zero attached hydrogens (tertiary/aromatic N) is 4. The molecule has 2 aliphatic heterocycles. The van der Waals surface area contributed by atoms with Gasteiger partial charge in [-0.3, -0.25) is 4.90 Å². The predicted molar refractivity (Wildman–Crippen MR) is 83.2 cm³/mol. The van der Waals surface area contributed by atoms with Crippen LogP contribution in [0.5, 0.6) is 0 Å². The summed E-state index contributed by atoms with van der Waals surface area (Å²) in [6, 6.07) is 4.96. The summed E-state index contributed by atoms with van der Waals surface area (Å²) in [4.78, 5) is 12.2. The molecule has 0 spiro atoms. The molecular formula is C16H26N4. The van der Waals surface area contributed by atoms with Gasteiger partial charge in [0.2, 0.25) is 0 Å². The maximum absolute atomic E-state index is 4.72.